The molecule has 20 heavy (non-hydrogen) atoms. The predicted octanol–water partition coefficient (Wildman–Crippen LogP) is 4.17. The molecule has 0 aliphatic rings. The summed E-state index contributed by atoms with van der Waals surface area (Å²) in [7, 11) is 0. The van der Waals surface area contributed by atoms with Gasteiger partial charge in [0.25, 0.3) is 0 Å². The van der Waals surface area contributed by atoms with Crippen molar-refractivity contribution in [3.05, 3.63) is 53.1 Å². The van der Waals surface area contributed by atoms with Gasteiger partial charge in [-0.25, -0.2) is 4.79 Å². The van der Waals surface area contributed by atoms with E-state index in [4.69, 9.17) is 21.4 Å². The summed E-state index contributed by atoms with van der Waals surface area (Å²) in [5.74, 6) is -0.455. The first-order valence-electron chi connectivity index (χ1n) is 6.24. The number of halogens is 1. The number of carboxylic acid groups (broad SMARTS) is 1. The molecule has 0 spiro atoms. The molecule has 0 bridgehead atoms. The van der Waals surface area contributed by atoms with Crippen LogP contribution in [-0.2, 0) is 4.79 Å². The lowest BCUT2D eigenvalue weighted by Crippen LogP contribution is -2.22. The van der Waals surface area contributed by atoms with Crippen molar-refractivity contribution in [2.75, 3.05) is 0 Å². The van der Waals surface area contributed by atoms with Crippen LogP contribution in [0.1, 0.15) is 12.5 Å². The SMILES string of the molecule is Cc1c(Cl)cccc1-c1ccc(OC(C)C(=O)O)cc1. The molecule has 2 rings (SSSR count). The third-order valence-electron chi connectivity index (χ3n) is 3.09. The topological polar surface area (TPSA) is 46.5 Å². The molecule has 1 atom stereocenters. The van der Waals surface area contributed by atoms with Gasteiger partial charge in [0.2, 0.25) is 0 Å². The lowest BCUT2D eigenvalue weighted by Gasteiger charge is -2.12. The summed E-state index contributed by atoms with van der Waals surface area (Å²) in [5.41, 5.74) is 3.08. The van der Waals surface area contributed by atoms with Crippen LogP contribution in [0.5, 0.6) is 5.75 Å². The molecule has 0 aliphatic heterocycles. The Morgan fingerprint density at radius 3 is 2.45 bits per heavy atom. The van der Waals surface area contributed by atoms with Gasteiger partial charge in [0.15, 0.2) is 6.10 Å². The maximum absolute atomic E-state index is 10.7. The van der Waals surface area contributed by atoms with Gasteiger partial charge in [-0.15, -0.1) is 0 Å². The van der Waals surface area contributed by atoms with E-state index in [-0.39, 0.29) is 0 Å². The van der Waals surface area contributed by atoms with E-state index >= 15 is 0 Å². The molecule has 0 saturated carbocycles. The number of benzene rings is 2. The maximum Gasteiger partial charge on any atom is 0.344 e. The second-order valence-corrected chi connectivity index (χ2v) is 4.94. The van der Waals surface area contributed by atoms with Gasteiger partial charge in [-0.3, -0.25) is 0 Å². The monoisotopic (exact) mass is 290 g/mol. The lowest BCUT2D eigenvalue weighted by molar-refractivity contribution is -0.144. The molecule has 104 valence electrons. The minimum absolute atomic E-state index is 0.531. The van der Waals surface area contributed by atoms with Crippen molar-refractivity contribution in [2.24, 2.45) is 0 Å². The normalized spacial score (nSPS) is 11.9. The minimum atomic E-state index is -0.986. The van der Waals surface area contributed by atoms with Crippen molar-refractivity contribution in [3.8, 4) is 16.9 Å². The molecule has 2 aromatic rings. The third-order valence-corrected chi connectivity index (χ3v) is 3.50. The zero-order chi connectivity index (χ0) is 14.7. The van der Waals surface area contributed by atoms with Crippen molar-refractivity contribution in [1.29, 1.82) is 0 Å². The Morgan fingerprint density at radius 1 is 1.20 bits per heavy atom. The van der Waals surface area contributed by atoms with E-state index in [0.29, 0.717) is 5.75 Å². The van der Waals surface area contributed by atoms with Gasteiger partial charge < -0.3 is 9.84 Å². The van der Waals surface area contributed by atoms with E-state index in [1.54, 1.807) is 12.1 Å². The maximum atomic E-state index is 10.7. The first-order chi connectivity index (χ1) is 9.49. The quantitative estimate of drug-likeness (QED) is 0.919. The number of hydrogen-bond donors (Lipinski definition) is 1. The smallest absolute Gasteiger partial charge is 0.344 e. The van der Waals surface area contributed by atoms with Gasteiger partial charge in [0.1, 0.15) is 5.75 Å². The molecule has 1 unspecified atom stereocenters. The molecule has 2 aromatic carbocycles. The van der Waals surface area contributed by atoms with E-state index < -0.39 is 12.1 Å². The average Bonchev–Trinajstić information content (AvgIpc) is 2.43. The van der Waals surface area contributed by atoms with Crippen molar-refractivity contribution in [2.45, 2.75) is 20.0 Å². The van der Waals surface area contributed by atoms with E-state index in [1.807, 2.05) is 37.3 Å². The Hall–Kier alpha value is -2.00. The summed E-state index contributed by atoms with van der Waals surface area (Å²) in [6.07, 6.45) is -0.867. The molecular formula is C16H15ClO3. The van der Waals surface area contributed by atoms with Gasteiger partial charge in [-0.2, -0.15) is 0 Å². The van der Waals surface area contributed by atoms with Crippen LogP contribution >= 0.6 is 11.6 Å². The second-order valence-electron chi connectivity index (χ2n) is 4.54. The van der Waals surface area contributed by atoms with Crippen LogP contribution in [0.2, 0.25) is 5.02 Å². The largest absolute Gasteiger partial charge is 0.479 e. The van der Waals surface area contributed by atoms with Crippen molar-refractivity contribution < 1.29 is 14.6 Å². The fraction of sp³-hybridized carbons (Fsp3) is 0.188. The Labute approximate surface area is 122 Å². The molecule has 0 amide bonds. The summed E-state index contributed by atoms with van der Waals surface area (Å²) in [5, 5.41) is 9.53. The summed E-state index contributed by atoms with van der Waals surface area (Å²) < 4.78 is 5.29. The second kappa shape index (κ2) is 5.97. The summed E-state index contributed by atoms with van der Waals surface area (Å²) in [4.78, 5) is 10.7. The fourth-order valence-electron chi connectivity index (χ4n) is 1.89. The third kappa shape index (κ3) is 3.11. The van der Waals surface area contributed by atoms with E-state index in [0.717, 1.165) is 21.7 Å². The molecular weight excluding hydrogens is 276 g/mol. The van der Waals surface area contributed by atoms with Crippen LogP contribution in [0.15, 0.2) is 42.5 Å². The lowest BCUT2D eigenvalue weighted by atomic mass is 10.0. The van der Waals surface area contributed by atoms with Crippen molar-refractivity contribution in [1.82, 2.24) is 0 Å². The van der Waals surface area contributed by atoms with E-state index in [9.17, 15) is 4.79 Å². The van der Waals surface area contributed by atoms with Crippen molar-refractivity contribution in [3.63, 3.8) is 0 Å². The van der Waals surface area contributed by atoms with Crippen LogP contribution in [0.3, 0.4) is 0 Å². The molecule has 1 N–H and O–H groups in total. The Kier molecular flexibility index (Phi) is 4.30. The Balaban J connectivity index is 2.24. The first-order valence-corrected chi connectivity index (χ1v) is 6.62. The predicted molar refractivity (Wildman–Crippen MR) is 79.4 cm³/mol. The fourth-order valence-corrected chi connectivity index (χ4v) is 2.06. The summed E-state index contributed by atoms with van der Waals surface area (Å²) in [6, 6.07) is 13.1. The molecule has 0 saturated heterocycles. The number of rotatable bonds is 4. The van der Waals surface area contributed by atoms with Crippen molar-refractivity contribution >= 4 is 17.6 Å². The zero-order valence-electron chi connectivity index (χ0n) is 11.3. The molecule has 0 aliphatic carbocycles. The number of hydrogen-bond acceptors (Lipinski definition) is 2. The number of ether oxygens (including phenoxy) is 1. The summed E-state index contributed by atoms with van der Waals surface area (Å²) >= 11 is 6.11. The number of carboxylic acids is 1. The van der Waals surface area contributed by atoms with Gasteiger partial charge in [0.05, 0.1) is 0 Å². The molecule has 3 nitrogen and oxygen atoms in total. The minimum Gasteiger partial charge on any atom is -0.479 e. The average molecular weight is 291 g/mol. The Bertz CT molecular complexity index is 620. The van der Waals surface area contributed by atoms with Crippen LogP contribution in [0.4, 0.5) is 0 Å². The van der Waals surface area contributed by atoms with Gasteiger partial charge in [-0.1, -0.05) is 35.9 Å². The first kappa shape index (κ1) is 14.4. The van der Waals surface area contributed by atoms with Gasteiger partial charge in [0, 0.05) is 5.02 Å². The standard InChI is InChI=1S/C16H15ClO3/c1-10-14(4-3-5-15(10)17)12-6-8-13(9-7-12)20-11(2)16(18)19/h3-9,11H,1-2H3,(H,18,19). The highest BCUT2D eigenvalue weighted by molar-refractivity contribution is 6.31. The zero-order valence-corrected chi connectivity index (χ0v) is 12.0. The highest BCUT2D eigenvalue weighted by Gasteiger charge is 2.12. The molecule has 4 heteroatoms. The highest BCUT2D eigenvalue weighted by Crippen LogP contribution is 2.29. The molecule has 0 radical (unpaired) electrons. The van der Waals surface area contributed by atoms with Crippen LogP contribution < -0.4 is 4.74 Å². The number of carbonyl (C=O) groups is 1. The van der Waals surface area contributed by atoms with Crippen LogP contribution in [-0.4, -0.2) is 17.2 Å². The van der Waals surface area contributed by atoms with Gasteiger partial charge >= 0.3 is 5.97 Å². The molecule has 0 aromatic heterocycles. The van der Waals surface area contributed by atoms with E-state index in [1.165, 1.54) is 6.92 Å². The van der Waals surface area contributed by atoms with Crippen LogP contribution in [0, 0.1) is 6.92 Å². The number of aliphatic carboxylic acids is 1. The van der Waals surface area contributed by atoms with Crippen LogP contribution in [0.25, 0.3) is 11.1 Å². The van der Waals surface area contributed by atoms with Gasteiger partial charge in [-0.05, 0) is 48.7 Å². The van der Waals surface area contributed by atoms with E-state index in [2.05, 4.69) is 0 Å². The highest BCUT2D eigenvalue weighted by atomic mass is 35.5. The Morgan fingerprint density at radius 2 is 1.85 bits per heavy atom. The molecule has 0 fully saturated rings. The molecule has 0 heterocycles. The summed E-state index contributed by atoms with van der Waals surface area (Å²) in [6.45, 7) is 3.46.